The van der Waals surface area contributed by atoms with Crippen molar-refractivity contribution in [1.82, 2.24) is 10.2 Å². The van der Waals surface area contributed by atoms with E-state index in [0.29, 0.717) is 37.2 Å². The lowest BCUT2D eigenvalue weighted by atomic mass is 9.97. The van der Waals surface area contributed by atoms with Crippen LogP contribution in [0.25, 0.3) is 0 Å². The van der Waals surface area contributed by atoms with Gasteiger partial charge in [0.1, 0.15) is 6.61 Å². The number of hydrogen-bond acceptors (Lipinski definition) is 3. The van der Waals surface area contributed by atoms with E-state index >= 15 is 0 Å². The van der Waals surface area contributed by atoms with Crippen molar-refractivity contribution in [3.63, 3.8) is 0 Å². The summed E-state index contributed by atoms with van der Waals surface area (Å²) in [7, 11) is 1.55. The van der Waals surface area contributed by atoms with Gasteiger partial charge in [-0.3, -0.25) is 4.79 Å². The number of halogens is 4. The smallest absolute Gasteiger partial charge is 0.330 e. The topological polar surface area (TPSA) is 70.7 Å². The second kappa shape index (κ2) is 9.72. The number of nitrogens with zero attached hydrogens (tertiary/aromatic N) is 1. The summed E-state index contributed by atoms with van der Waals surface area (Å²) in [6.07, 6.45) is -2.38. The van der Waals surface area contributed by atoms with Crippen LogP contribution >= 0.6 is 0 Å². The fourth-order valence-corrected chi connectivity index (χ4v) is 2.89. The molecule has 2 N–H and O–H groups in total. The molecule has 0 spiro atoms. The molecule has 0 aromatic heterocycles. The molecule has 28 heavy (non-hydrogen) atoms. The van der Waals surface area contributed by atoms with E-state index in [4.69, 9.17) is 0 Å². The second-order valence-electron chi connectivity index (χ2n) is 6.58. The van der Waals surface area contributed by atoms with Crippen molar-refractivity contribution >= 4 is 17.6 Å². The van der Waals surface area contributed by atoms with Crippen LogP contribution in [0.3, 0.4) is 0 Å². The zero-order chi connectivity index (χ0) is 20.7. The normalized spacial score (nSPS) is 17.5. The number of nitrogens with one attached hydrogen (secondary N) is 2. The molecule has 1 saturated heterocycles. The Kier molecular flexibility index (Phi) is 7.61. The van der Waals surface area contributed by atoms with E-state index in [1.54, 1.807) is 25.2 Å². The minimum Gasteiger partial charge on any atom is -0.370 e. The molecule has 0 saturated carbocycles. The number of ether oxygens (including phenoxy) is 1. The van der Waals surface area contributed by atoms with Gasteiger partial charge < -0.3 is 20.3 Å². The number of piperidine rings is 1. The molecular formula is C18H23F4N3O3. The van der Waals surface area contributed by atoms with Gasteiger partial charge in [-0.2, -0.15) is 8.78 Å². The predicted octanol–water partition coefficient (Wildman–Crippen LogP) is 3.09. The number of carbonyl (C=O) groups excluding carboxylic acids is 2. The number of likely N-dealkylation sites (tertiary alicyclic amines) is 1. The monoisotopic (exact) mass is 405 g/mol. The maximum absolute atomic E-state index is 12.9. The summed E-state index contributed by atoms with van der Waals surface area (Å²) in [6.45, 7) is -0.869. The van der Waals surface area contributed by atoms with Crippen molar-refractivity contribution in [2.24, 2.45) is 5.92 Å². The zero-order valence-electron chi connectivity index (χ0n) is 15.4. The highest BCUT2D eigenvalue weighted by Gasteiger charge is 2.40. The summed E-state index contributed by atoms with van der Waals surface area (Å²) in [6, 6.07) is 5.89. The zero-order valence-corrected chi connectivity index (χ0v) is 15.4. The van der Waals surface area contributed by atoms with Crippen LogP contribution in [0.5, 0.6) is 0 Å². The molecule has 1 aromatic carbocycles. The molecule has 2 rings (SSSR count). The third kappa shape index (κ3) is 6.08. The van der Waals surface area contributed by atoms with Crippen molar-refractivity contribution in [2.75, 3.05) is 32.1 Å². The van der Waals surface area contributed by atoms with Crippen molar-refractivity contribution in [3.05, 3.63) is 29.8 Å². The number of urea groups is 1. The predicted molar refractivity (Wildman–Crippen MR) is 94.4 cm³/mol. The molecule has 1 aliphatic rings. The molecule has 1 atom stereocenters. The molecule has 0 radical (unpaired) electrons. The Balaban J connectivity index is 1.89. The summed E-state index contributed by atoms with van der Waals surface area (Å²) in [5, 5.41) is 5.26. The fourth-order valence-electron chi connectivity index (χ4n) is 2.89. The Morgan fingerprint density at radius 1 is 1.36 bits per heavy atom. The van der Waals surface area contributed by atoms with Crippen LogP contribution < -0.4 is 10.6 Å². The Morgan fingerprint density at radius 2 is 2.11 bits per heavy atom. The van der Waals surface area contributed by atoms with E-state index in [2.05, 4.69) is 15.4 Å². The Bertz CT molecular complexity index is 688. The molecule has 3 amide bonds. The lowest BCUT2D eigenvalue weighted by Crippen LogP contribution is -2.46. The first-order valence-electron chi connectivity index (χ1n) is 8.83. The number of benzene rings is 1. The molecule has 156 valence electrons. The van der Waals surface area contributed by atoms with Gasteiger partial charge in [0.25, 0.3) is 0 Å². The summed E-state index contributed by atoms with van der Waals surface area (Å²) < 4.78 is 54.6. The van der Waals surface area contributed by atoms with Gasteiger partial charge >= 0.3 is 18.4 Å². The van der Waals surface area contributed by atoms with Crippen molar-refractivity contribution in [2.45, 2.75) is 31.8 Å². The largest absolute Gasteiger partial charge is 0.370 e. The molecule has 1 aromatic rings. The van der Waals surface area contributed by atoms with Crippen LogP contribution in [-0.2, 0) is 16.1 Å². The molecule has 6 nitrogen and oxygen atoms in total. The van der Waals surface area contributed by atoms with Gasteiger partial charge in [-0.05, 0) is 30.5 Å². The highest BCUT2D eigenvalue weighted by Crippen LogP contribution is 2.24. The van der Waals surface area contributed by atoms with Crippen molar-refractivity contribution < 1.29 is 31.9 Å². The van der Waals surface area contributed by atoms with Gasteiger partial charge in [-0.1, -0.05) is 12.1 Å². The number of amides is 3. The van der Waals surface area contributed by atoms with Crippen LogP contribution in [0, 0.1) is 5.92 Å². The third-order valence-electron chi connectivity index (χ3n) is 4.39. The first kappa shape index (κ1) is 21.9. The van der Waals surface area contributed by atoms with Crippen LogP contribution in [0.1, 0.15) is 18.4 Å². The average Bonchev–Trinajstić information content (AvgIpc) is 2.67. The number of hydrogen-bond donors (Lipinski definition) is 2. The van der Waals surface area contributed by atoms with Gasteiger partial charge in [-0.15, -0.1) is 0 Å². The minimum absolute atomic E-state index is 0.114. The molecule has 1 unspecified atom stereocenters. The maximum Gasteiger partial charge on any atom is 0.330 e. The minimum atomic E-state index is -4.21. The Labute approximate surface area is 160 Å². The Hall–Kier alpha value is -2.36. The molecule has 0 aliphatic carbocycles. The molecule has 0 bridgehead atoms. The standard InChI is InChI=1S/C18H23F4N3O3/c1-23-15(26)13-5-3-7-25(9-13)17(27)24-14-6-2-4-12(8-14)10-28-11-18(21,22)16(19)20/h2,4,6,8,13,16H,3,5,7,9-11H2,1H3,(H,23,26)(H,24,27). The van der Waals surface area contributed by atoms with E-state index in [-0.39, 0.29) is 24.5 Å². The highest BCUT2D eigenvalue weighted by molar-refractivity contribution is 5.90. The van der Waals surface area contributed by atoms with E-state index in [1.807, 2.05) is 0 Å². The lowest BCUT2D eigenvalue weighted by molar-refractivity contribution is -0.168. The quantitative estimate of drug-likeness (QED) is 0.685. The molecule has 1 aliphatic heterocycles. The molecular weight excluding hydrogens is 382 g/mol. The summed E-state index contributed by atoms with van der Waals surface area (Å²) >= 11 is 0. The van der Waals surface area contributed by atoms with Gasteiger partial charge in [0.15, 0.2) is 0 Å². The van der Waals surface area contributed by atoms with Gasteiger partial charge in [0.2, 0.25) is 5.91 Å². The third-order valence-corrected chi connectivity index (χ3v) is 4.39. The van der Waals surface area contributed by atoms with Gasteiger partial charge in [-0.25, -0.2) is 13.6 Å². The summed E-state index contributed by atoms with van der Waals surface area (Å²) in [4.78, 5) is 25.7. The molecule has 10 heteroatoms. The van der Waals surface area contributed by atoms with E-state index in [1.165, 1.54) is 11.0 Å². The summed E-state index contributed by atoms with van der Waals surface area (Å²) in [5.41, 5.74) is 0.860. The fraction of sp³-hybridized carbons (Fsp3) is 0.556. The van der Waals surface area contributed by atoms with Crippen molar-refractivity contribution in [3.8, 4) is 0 Å². The number of alkyl halides is 4. The molecule has 1 heterocycles. The van der Waals surface area contributed by atoms with E-state index in [0.717, 1.165) is 0 Å². The highest BCUT2D eigenvalue weighted by atomic mass is 19.3. The van der Waals surface area contributed by atoms with Crippen LogP contribution in [0.4, 0.5) is 28.0 Å². The maximum atomic E-state index is 12.9. The number of carbonyl (C=O) groups is 2. The molecule has 1 fully saturated rings. The first-order valence-corrected chi connectivity index (χ1v) is 8.83. The second-order valence-corrected chi connectivity index (χ2v) is 6.58. The van der Waals surface area contributed by atoms with Crippen LogP contribution in [0.15, 0.2) is 24.3 Å². The van der Waals surface area contributed by atoms with E-state index in [9.17, 15) is 27.2 Å². The average molecular weight is 405 g/mol. The number of anilines is 1. The number of rotatable bonds is 7. The first-order chi connectivity index (χ1) is 13.2. The van der Waals surface area contributed by atoms with Crippen LogP contribution in [0.2, 0.25) is 0 Å². The Morgan fingerprint density at radius 3 is 2.79 bits per heavy atom. The lowest BCUT2D eigenvalue weighted by Gasteiger charge is -2.31. The summed E-state index contributed by atoms with van der Waals surface area (Å²) in [5.74, 6) is -4.58. The van der Waals surface area contributed by atoms with Gasteiger partial charge in [0.05, 0.1) is 12.5 Å². The van der Waals surface area contributed by atoms with Crippen LogP contribution in [-0.4, -0.2) is 55.9 Å². The SMILES string of the molecule is CNC(=O)C1CCCN(C(=O)Nc2cccc(COCC(F)(F)C(F)F)c2)C1. The van der Waals surface area contributed by atoms with E-state index < -0.39 is 19.0 Å². The van der Waals surface area contributed by atoms with Gasteiger partial charge in [0, 0.05) is 25.8 Å². The van der Waals surface area contributed by atoms with Crippen molar-refractivity contribution in [1.29, 1.82) is 0 Å².